The molecule has 0 rings (SSSR count). The van der Waals surface area contributed by atoms with Gasteiger partial charge in [0, 0.05) is 13.1 Å². The third-order valence-corrected chi connectivity index (χ3v) is 3.23. The molecule has 0 aliphatic heterocycles. The molecule has 0 bridgehead atoms. The summed E-state index contributed by atoms with van der Waals surface area (Å²) in [5.74, 6) is -0.530. The van der Waals surface area contributed by atoms with Gasteiger partial charge in [-0.2, -0.15) is 16.8 Å². The predicted molar refractivity (Wildman–Crippen MR) is 69.1 cm³/mol. The average Bonchev–Trinajstić information content (AvgIpc) is 2.22. The van der Waals surface area contributed by atoms with Crippen LogP contribution in [0.25, 0.3) is 0 Å². The van der Waals surface area contributed by atoms with Crippen LogP contribution in [0.15, 0.2) is 0 Å². The van der Waals surface area contributed by atoms with Gasteiger partial charge in [-0.15, -0.1) is 0 Å². The fourth-order valence-corrected chi connectivity index (χ4v) is 1.71. The van der Waals surface area contributed by atoms with Gasteiger partial charge in [-0.3, -0.25) is 9.11 Å². The molecule has 0 aromatic carbocycles. The van der Waals surface area contributed by atoms with Crippen molar-refractivity contribution < 1.29 is 36.2 Å². The van der Waals surface area contributed by atoms with E-state index < -0.39 is 32.1 Å². The minimum Gasteiger partial charge on any atom is -0.394 e. The van der Waals surface area contributed by atoms with E-state index in [1.54, 1.807) is 6.92 Å². The lowest BCUT2D eigenvalue weighted by Crippen LogP contribution is -2.32. The van der Waals surface area contributed by atoms with Crippen LogP contribution in [0.1, 0.15) is 13.3 Å². The van der Waals surface area contributed by atoms with Gasteiger partial charge in [0.2, 0.25) is 0 Å². The molecule has 0 fully saturated rings. The van der Waals surface area contributed by atoms with Crippen LogP contribution in [-0.2, 0) is 20.2 Å². The lowest BCUT2D eigenvalue weighted by Gasteiger charge is -2.07. The minimum atomic E-state index is -3.94. The molecule has 0 aliphatic carbocycles. The highest BCUT2D eigenvalue weighted by Gasteiger charge is 2.04. The second kappa shape index (κ2) is 10.5. The standard InChI is InChI=1S/C5H13NO5S.C3H8O3S/c7-4-5(8)3-6-1-2-12(9,10)11;1-2-3-7(4,5)6/h5-8H,1-4H2,(H,9,10,11);2-3H2,1H3,(H,4,5,6). The number of nitrogens with one attached hydrogen (secondary N) is 1. The smallest absolute Gasteiger partial charge is 0.266 e. The van der Waals surface area contributed by atoms with Crippen molar-refractivity contribution in [2.45, 2.75) is 19.4 Å². The fourth-order valence-electron chi connectivity index (χ4n) is 0.792. The Morgan fingerprint density at radius 3 is 1.79 bits per heavy atom. The molecule has 19 heavy (non-hydrogen) atoms. The van der Waals surface area contributed by atoms with E-state index in [1.165, 1.54) is 0 Å². The van der Waals surface area contributed by atoms with E-state index >= 15 is 0 Å². The first kappa shape index (κ1) is 21.0. The Kier molecular flexibility index (Phi) is 11.6. The maximum absolute atomic E-state index is 10.1. The van der Waals surface area contributed by atoms with E-state index in [0.29, 0.717) is 6.42 Å². The molecule has 11 heteroatoms. The van der Waals surface area contributed by atoms with Crippen LogP contribution in [-0.4, -0.2) is 73.5 Å². The number of hydrogen-bond donors (Lipinski definition) is 5. The van der Waals surface area contributed by atoms with Crippen LogP contribution in [0, 0.1) is 0 Å². The van der Waals surface area contributed by atoms with Gasteiger partial charge in [0.1, 0.15) is 0 Å². The minimum absolute atomic E-state index is 0.0515. The number of aliphatic hydroxyl groups excluding tert-OH is 2. The third-order valence-electron chi connectivity index (χ3n) is 1.59. The molecule has 0 aromatic heterocycles. The van der Waals surface area contributed by atoms with Crippen LogP contribution in [0.3, 0.4) is 0 Å². The average molecular weight is 323 g/mol. The Balaban J connectivity index is 0. The first-order chi connectivity index (χ1) is 8.52. The fraction of sp³-hybridized carbons (Fsp3) is 1.00. The number of hydrogen-bond acceptors (Lipinski definition) is 7. The van der Waals surface area contributed by atoms with Crippen LogP contribution in [0.5, 0.6) is 0 Å². The van der Waals surface area contributed by atoms with Gasteiger partial charge in [-0.1, -0.05) is 6.92 Å². The molecule has 0 saturated heterocycles. The zero-order chi connectivity index (χ0) is 15.5. The Morgan fingerprint density at radius 2 is 1.53 bits per heavy atom. The summed E-state index contributed by atoms with van der Waals surface area (Å²) in [5, 5.41) is 19.6. The van der Waals surface area contributed by atoms with Crippen molar-refractivity contribution in [2.75, 3.05) is 31.2 Å². The van der Waals surface area contributed by atoms with E-state index in [-0.39, 0.29) is 25.4 Å². The van der Waals surface area contributed by atoms with Gasteiger partial charge in [-0.25, -0.2) is 0 Å². The van der Waals surface area contributed by atoms with Gasteiger partial charge < -0.3 is 15.5 Å². The van der Waals surface area contributed by atoms with Crippen molar-refractivity contribution in [3.8, 4) is 0 Å². The Hall–Kier alpha value is -0.300. The highest BCUT2D eigenvalue weighted by molar-refractivity contribution is 7.86. The maximum Gasteiger partial charge on any atom is 0.266 e. The second-order valence-corrected chi connectivity index (χ2v) is 6.76. The summed E-state index contributed by atoms with van der Waals surface area (Å²) >= 11 is 0. The Labute approximate surface area is 113 Å². The summed E-state index contributed by atoms with van der Waals surface area (Å²) in [6.45, 7) is 1.47. The quantitative estimate of drug-likeness (QED) is 0.254. The van der Waals surface area contributed by atoms with Gasteiger partial charge in [-0.05, 0) is 6.42 Å². The van der Waals surface area contributed by atoms with Gasteiger partial charge in [0.05, 0.1) is 24.2 Å². The molecule has 0 aliphatic rings. The molecule has 118 valence electrons. The van der Waals surface area contributed by atoms with Crippen molar-refractivity contribution in [2.24, 2.45) is 0 Å². The third kappa shape index (κ3) is 23.2. The van der Waals surface area contributed by atoms with Crippen molar-refractivity contribution in [3.63, 3.8) is 0 Å². The summed E-state index contributed by atoms with van der Waals surface area (Å²) in [4.78, 5) is 0. The molecular weight excluding hydrogens is 302 g/mol. The topological polar surface area (TPSA) is 161 Å². The highest BCUT2D eigenvalue weighted by Crippen LogP contribution is 1.83. The van der Waals surface area contributed by atoms with Crippen molar-refractivity contribution in [1.82, 2.24) is 5.32 Å². The van der Waals surface area contributed by atoms with Crippen LogP contribution >= 0.6 is 0 Å². The molecule has 0 radical (unpaired) electrons. The largest absolute Gasteiger partial charge is 0.394 e. The van der Waals surface area contributed by atoms with Crippen molar-refractivity contribution in [1.29, 1.82) is 0 Å². The maximum atomic E-state index is 10.1. The molecule has 0 aromatic rings. The van der Waals surface area contributed by atoms with Crippen molar-refractivity contribution >= 4 is 20.2 Å². The molecule has 9 nitrogen and oxygen atoms in total. The van der Waals surface area contributed by atoms with Crippen LogP contribution in [0.4, 0.5) is 0 Å². The van der Waals surface area contributed by atoms with Gasteiger partial charge in [0.15, 0.2) is 0 Å². The summed E-state index contributed by atoms with van der Waals surface area (Å²) in [6, 6.07) is 0. The van der Waals surface area contributed by atoms with Gasteiger partial charge in [0.25, 0.3) is 20.2 Å². The van der Waals surface area contributed by atoms with Crippen LogP contribution < -0.4 is 5.32 Å². The zero-order valence-electron chi connectivity index (χ0n) is 10.6. The monoisotopic (exact) mass is 323 g/mol. The molecule has 5 N–H and O–H groups in total. The lowest BCUT2D eigenvalue weighted by molar-refractivity contribution is 0.0950. The molecule has 0 spiro atoms. The van der Waals surface area contributed by atoms with E-state index in [0.717, 1.165) is 0 Å². The molecule has 0 saturated carbocycles. The number of rotatable bonds is 8. The van der Waals surface area contributed by atoms with E-state index in [1.807, 2.05) is 0 Å². The summed E-state index contributed by atoms with van der Waals surface area (Å²) in [5.41, 5.74) is 0. The molecule has 0 heterocycles. The van der Waals surface area contributed by atoms with Crippen LogP contribution in [0.2, 0.25) is 0 Å². The molecule has 1 atom stereocenters. The van der Waals surface area contributed by atoms with Crippen molar-refractivity contribution in [3.05, 3.63) is 0 Å². The van der Waals surface area contributed by atoms with E-state index in [2.05, 4.69) is 5.32 Å². The van der Waals surface area contributed by atoms with E-state index in [4.69, 9.17) is 19.3 Å². The SMILES string of the molecule is CCCS(=O)(=O)O.O=S(=O)(O)CCNCC(O)CO. The second-order valence-electron chi connectivity index (χ2n) is 3.61. The zero-order valence-corrected chi connectivity index (χ0v) is 12.2. The first-order valence-corrected chi connectivity index (χ1v) is 8.63. The summed E-state index contributed by atoms with van der Waals surface area (Å²) in [7, 11) is -7.61. The summed E-state index contributed by atoms with van der Waals surface area (Å²) in [6.07, 6.45) is -0.426. The Bertz CT molecular complexity index is 404. The Morgan fingerprint density at radius 1 is 1.05 bits per heavy atom. The van der Waals surface area contributed by atoms with E-state index in [9.17, 15) is 16.8 Å². The first-order valence-electron chi connectivity index (χ1n) is 5.41. The summed E-state index contributed by atoms with van der Waals surface area (Å²) < 4.78 is 56.1. The predicted octanol–water partition coefficient (Wildman–Crippen LogP) is -1.90. The number of aliphatic hydroxyl groups is 2. The lowest BCUT2D eigenvalue weighted by atomic mass is 10.4. The molecule has 1 unspecified atom stereocenters. The normalized spacial score (nSPS) is 13.5. The van der Waals surface area contributed by atoms with Gasteiger partial charge >= 0.3 is 0 Å². The highest BCUT2D eigenvalue weighted by atomic mass is 32.2. The molecular formula is C8H21NO8S2. The molecule has 0 amide bonds.